The van der Waals surface area contributed by atoms with E-state index in [4.69, 9.17) is 4.74 Å². The van der Waals surface area contributed by atoms with E-state index in [1.54, 1.807) is 0 Å². The Balaban J connectivity index is 2.42. The highest BCUT2D eigenvalue weighted by molar-refractivity contribution is 6.00. The minimum Gasteiger partial charge on any atom is -0.442 e. The molecule has 1 aliphatic carbocycles. The molecular weight excluding hydrogens is 238 g/mol. The summed E-state index contributed by atoms with van der Waals surface area (Å²) < 4.78 is 6.19. The monoisotopic (exact) mass is 264 g/mol. The number of Topliss-reactive ketones (excluding diaryl/α,β-unsaturated/α-hetero) is 1. The van der Waals surface area contributed by atoms with Crippen LogP contribution in [-0.4, -0.2) is 26.1 Å². The van der Waals surface area contributed by atoms with E-state index in [9.17, 15) is 4.79 Å². The molecule has 1 aliphatic heterocycles. The second-order valence-corrected chi connectivity index (χ2v) is 7.15. The molecule has 1 heterocycles. The molecule has 0 aromatic carbocycles. The molecule has 19 heavy (non-hydrogen) atoms. The molecule has 3 heteroatoms. The molecule has 1 N–H and O–H groups in total. The molecule has 0 saturated heterocycles. The largest absolute Gasteiger partial charge is 0.442 e. The number of allylic oxidation sites excluding steroid dienone is 3. The summed E-state index contributed by atoms with van der Waals surface area (Å²) in [6.07, 6.45) is 3.62. The summed E-state index contributed by atoms with van der Waals surface area (Å²) in [6.45, 7) is 8.59. The van der Waals surface area contributed by atoms with Gasteiger partial charge in [-0.15, -0.1) is 0 Å². The Kier molecular flexibility index (Phi) is 3.61. The molecule has 0 aromatic heterocycles. The lowest BCUT2D eigenvalue weighted by atomic mass is 9.75. The van der Waals surface area contributed by atoms with Crippen molar-refractivity contribution in [1.29, 1.82) is 0 Å². The van der Waals surface area contributed by atoms with Gasteiger partial charge in [0.1, 0.15) is 5.76 Å². The summed E-state index contributed by atoms with van der Waals surface area (Å²) in [4.78, 5) is 13.6. The normalized spacial score (nSPS) is 26.4. The molecule has 0 amide bonds. The molecular formula is C16H26NO2+. The molecule has 1 atom stereocenters. The van der Waals surface area contributed by atoms with Crippen molar-refractivity contribution in [2.75, 3.05) is 14.1 Å². The summed E-state index contributed by atoms with van der Waals surface area (Å²) in [5.41, 5.74) is 2.07. The van der Waals surface area contributed by atoms with Gasteiger partial charge >= 0.3 is 0 Å². The van der Waals surface area contributed by atoms with Gasteiger partial charge in [0.2, 0.25) is 0 Å². The summed E-state index contributed by atoms with van der Waals surface area (Å²) in [6, 6.07) is 0. The van der Waals surface area contributed by atoms with Gasteiger partial charge in [0.25, 0.3) is 6.23 Å². The zero-order valence-corrected chi connectivity index (χ0v) is 13.0. The minimum absolute atomic E-state index is 0.0191. The molecule has 2 aliphatic rings. The van der Waals surface area contributed by atoms with Crippen LogP contribution in [0.5, 0.6) is 0 Å². The second-order valence-electron chi connectivity index (χ2n) is 7.15. The van der Waals surface area contributed by atoms with Crippen LogP contribution >= 0.6 is 0 Å². The van der Waals surface area contributed by atoms with Crippen LogP contribution < -0.4 is 4.90 Å². The molecule has 106 valence electrons. The molecule has 0 spiro atoms. The summed E-state index contributed by atoms with van der Waals surface area (Å²) in [5, 5.41) is 0. The smallest absolute Gasteiger partial charge is 0.254 e. The standard InChI is InChI=1S/C16H25NO2/c1-10(2)11-7-12-13(18)8-16(3,4)9-14(12)19-15(11)17(5)6/h7,10,15H,8-9H2,1-6H3/p+1/t15-/m0/s1. The van der Waals surface area contributed by atoms with E-state index < -0.39 is 0 Å². The third kappa shape index (κ3) is 2.76. The summed E-state index contributed by atoms with van der Waals surface area (Å²) in [5.74, 6) is 1.53. The first-order chi connectivity index (χ1) is 8.71. The molecule has 0 aromatic rings. The first-order valence-electron chi connectivity index (χ1n) is 7.16. The first kappa shape index (κ1) is 14.3. The van der Waals surface area contributed by atoms with Gasteiger partial charge in [-0.3, -0.25) is 4.79 Å². The fourth-order valence-electron chi connectivity index (χ4n) is 2.92. The number of ketones is 1. The zero-order chi connectivity index (χ0) is 14.4. The van der Waals surface area contributed by atoms with Crippen LogP contribution in [0.15, 0.2) is 23.0 Å². The molecule has 2 rings (SSSR count). The van der Waals surface area contributed by atoms with E-state index in [-0.39, 0.29) is 17.4 Å². The van der Waals surface area contributed by atoms with Crippen LogP contribution in [0, 0.1) is 11.3 Å². The molecule has 0 bridgehead atoms. The third-order valence-corrected chi connectivity index (χ3v) is 3.94. The summed E-state index contributed by atoms with van der Waals surface area (Å²) >= 11 is 0. The van der Waals surface area contributed by atoms with Gasteiger partial charge in [-0.2, -0.15) is 0 Å². The van der Waals surface area contributed by atoms with Gasteiger partial charge in [-0.1, -0.05) is 27.7 Å². The van der Waals surface area contributed by atoms with Crippen molar-refractivity contribution in [2.45, 2.75) is 46.8 Å². The number of rotatable bonds is 2. The van der Waals surface area contributed by atoms with E-state index in [1.165, 1.54) is 10.5 Å². The number of quaternary nitrogens is 1. The van der Waals surface area contributed by atoms with Gasteiger partial charge in [0, 0.05) is 18.4 Å². The lowest BCUT2D eigenvalue weighted by Crippen LogP contribution is -3.10. The van der Waals surface area contributed by atoms with Crippen molar-refractivity contribution >= 4 is 5.78 Å². The van der Waals surface area contributed by atoms with Gasteiger partial charge in [-0.25, -0.2) is 0 Å². The van der Waals surface area contributed by atoms with Crippen molar-refractivity contribution in [2.24, 2.45) is 11.3 Å². The highest BCUT2D eigenvalue weighted by atomic mass is 16.5. The van der Waals surface area contributed by atoms with Crippen molar-refractivity contribution in [1.82, 2.24) is 0 Å². The Morgan fingerprint density at radius 1 is 1.32 bits per heavy atom. The van der Waals surface area contributed by atoms with Crippen LogP contribution in [0.3, 0.4) is 0 Å². The zero-order valence-electron chi connectivity index (χ0n) is 13.0. The SMILES string of the molecule is CC(C)C1=CC2=C(CC(C)(C)CC2=O)O[C@@H]1[NH+](C)C. The van der Waals surface area contributed by atoms with E-state index in [0.717, 1.165) is 17.8 Å². The van der Waals surface area contributed by atoms with Crippen LogP contribution in [0.25, 0.3) is 0 Å². The van der Waals surface area contributed by atoms with Gasteiger partial charge in [0.05, 0.1) is 19.7 Å². The van der Waals surface area contributed by atoms with Crippen LogP contribution in [-0.2, 0) is 9.53 Å². The highest BCUT2D eigenvalue weighted by Crippen LogP contribution is 2.41. The lowest BCUT2D eigenvalue weighted by molar-refractivity contribution is -0.903. The van der Waals surface area contributed by atoms with Gasteiger partial charge in [0.15, 0.2) is 5.78 Å². The third-order valence-electron chi connectivity index (χ3n) is 3.94. The maximum atomic E-state index is 12.3. The first-order valence-corrected chi connectivity index (χ1v) is 7.16. The average Bonchev–Trinajstić information content (AvgIpc) is 2.25. The molecule has 0 saturated carbocycles. The van der Waals surface area contributed by atoms with E-state index in [0.29, 0.717) is 12.3 Å². The van der Waals surface area contributed by atoms with E-state index in [1.807, 2.05) is 0 Å². The average molecular weight is 264 g/mol. The Bertz CT molecular complexity index is 455. The Morgan fingerprint density at radius 2 is 1.95 bits per heavy atom. The fourth-order valence-corrected chi connectivity index (χ4v) is 2.92. The van der Waals surface area contributed by atoms with Crippen LogP contribution in [0.2, 0.25) is 0 Å². The number of carbonyl (C=O) groups excluding carboxylic acids is 1. The minimum atomic E-state index is 0.0191. The number of hydrogen-bond acceptors (Lipinski definition) is 2. The maximum absolute atomic E-state index is 12.3. The van der Waals surface area contributed by atoms with Crippen LogP contribution in [0.1, 0.15) is 40.5 Å². The second kappa shape index (κ2) is 4.78. The number of likely N-dealkylation sites (N-methyl/N-ethyl adjacent to an activating group) is 1. The van der Waals surface area contributed by atoms with Gasteiger partial charge in [-0.05, 0) is 17.4 Å². The van der Waals surface area contributed by atoms with E-state index in [2.05, 4.69) is 47.9 Å². The Labute approximate surface area is 116 Å². The predicted molar refractivity (Wildman–Crippen MR) is 75.7 cm³/mol. The molecule has 3 nitrogen and oxygen atoms in total. The van der Waals surface area contributed by atoms with Crippen molar-refractivity contribution in [3.8, 4) is 0 Å². The highest BCUT2D eigenvalue weighted by Gasteiger charge is 2.39. The summed E-state index contributed by atoms with van der Waals surface area (Å²) in [7, 11) is 4.20. The van der Waals surface area contributed by atoms with Crippen molar-refractivity contribution < 1.29 is 14.4 Å². The lowest BCUT2D eigenvalue weighted by Gasteiger charge is -2.37. The topological polar surface area (TPSA) is 30.7 Å². The number of carbonyl (C=O) groups is 1. The number of hydrogen-bond donors (Lipinski definition) is 1. The predicted octanol–water partition coefficient (Wildman–Crippen LogP) is 1.71. The van der Waals surface area contributed by atoms with E-state index >= 15 is 0 Å². The number of ether oxygens (including phenoxy) is 1. The Hall–Kier alpha value is -1.09. The molecule has 0 fully saturated rings. The molecule has 0 unspecified atom stereocenters. The van der Waals surface area contributed by atoms with Crippen molar-refractivity contribution in [3.63, 3.8) is 0 Å². The van der Waals surface area contributed by atoms with Crippen LogP contribution in [0.4, 0.5) is 0 Å². The quantitative estimate of drug-likeness (QED) is 0.823. The van der Waals surface area contributed by atoms with Crippen molar-refractivity contribution in [3.05, 3.63) is 23.0 Å². The maximum Gasteiger partial charge on any atom is 0.254 e. The van der Waals surface area contributed by atoms with Gasteiger partial charge < -0.3 is 9.64 Å². The Morgan fingerprint density at radius 3 is 2.47 bits per heavy atom. The fraction of sp³-hybridized carbons (Fsp3) is 0.688. The molecule has 0 radical (unpaired) electrons. The number of nitrogens with one attached hydrogen (secondary N) is 1.